The van der Waals surface area contributed by atoms with Gasteiger partial charge in [0.25, 0.3) is 0 Å². The number of fused-ring (bicyclic) bond motifs is 1. The fourth-order valence-corrected chi connectivity index (χ4v) is 3.17. The highest BCUT2D eigenvalue weighted by molar-refractivity contribution is 7.16. The minimum absolute atomic E-state index is 0.819. The Balaban J connectivity index is 2.01. The van der Waals surface area contributed by atoms with E-state index in [0.717, 1.165) is 21.8 Å². The molecular weight excluding hydrogens is 294 g/mol. The van der Waals surface area contributed by atoms with Crippen LogP contribution in [-0.2, 0) is 7.05 Å². The first-order chi connectivity index (χ1) is 10.7. The number of methoxy groups -OCH3 is 1. The van der Waals surface area contributed by atoms with Crippen LogP contribution >= 0.6 is 11.3 Å². The second kappa shape index (κ2) is 6.15. The predicted molar refractivity (Wildman–Crippen MR) is 91.6 cm³/mol. The lowest BCUT2D eigenvalue weighted by Gasteiger charge is -2.02. The van der Waals surface area contributed by atoms with Gasteiger partial charge in [-0.3, -0.25) is 0 Å². The molecule has 0 N–H and O–H groups in total. The number of ether oxygens (including phenoxy) is 1. The van der Waals surface area contributed by atoms with E-state index in [1.165, 1.54) is 10.2 Å². The van der Waals surface area contributed by atoms with Gasteiger partial charge < -0.3 is 9.30 Å². The van der Waals surface area contributed by atoms with E-state index in [1.807, 2.05) is 50.4 Å². The topological polar surface area (TPSA) is 38.9 Å². The van der Waals surface area contributed by atoms with Crippen molar-refractivity contribution in [3.8, 4) is 5.75 Å². The molecular formula is C17H17N3OS. The van der Waals surface area contributed by atoms with E-state index in [2.05, 4.69) is 26.9 Å². The van der Waals surface area contributed by atoms with Gasteiger partial charge in [-0.1, -0.05) is 35.6 Å². The van der Waals surface area contributed by atoms with E-state index in [0.29, 0.717) is 0 Å². The average Bonchev–Trinajstić information content (AvgIpc) is 2.89. The first-order valence-electron chi connectivity index (χ1n) is 6.96. The number of thiazole rings is 1. The molecule has 0 radical (unpaired) electrons. The SMILES string of the molecule is COc1cccc(C(C)=NN=c2sc3ccccc3n2C)c1. The second-order valence-electron chi connectivity index (χ2n) is 4.93. The van der Waals surface area contributed by atoms with Gasteiger partial charge in [0.15, 0.2) is 0 Å². The summed E-state index contributed by atoms with van der Waals surface area (Å²) in [5.74, 6) is 0.819. The quantitative estimate of drug-likeness (QED) is 0.538. The van der Waals surface area contributed by atoms with Gasteiger partial charge in [-0.05, 0) is 31.2 Å². The Morgan fingerprint density at radius 1 is 1.14 bits per heavy atom. The first kappa shape index (κ1) is 14.5. The summed E-state index contributed by atoms with van der Waals surface area (Å²) in [4.78, 5) is 0.878. The Bertz CT molecular complexity index is 905. The van der Waals surface area contributed by atoms with Crippen molar-refractivity contribution in [3.05, 3.63) is 58.9 Å². The number of aromatic nitrogens is 1. The number of aryl methyl sites for hydroxylation is 1. The molecule has 0 aliphatic rings. The molecule has 0 amide bonds. The van der Waals surface area contributed by atoms with Gasteiger partial charge in [-0.15, -0.1) is 5.10 Å². The largest absolute Gasteiger partial charge is 0.497 e. The molecule has 3 rings (SSSR count). The summed E-state index contributed by atoms with van der Waals surface area (Å²) in [5.41, 5.74) is 3.03. The van der Waals surface area contributed by atoms with E-state index in [4.69, 9.17) is 4.74 Å². The van der Waals surface area contributed by atoms with Crippen LogP contribution in [0.4, 0.5) is 0 Å². The Kier molecular flexibility index (Phi) is 4.06. The Hall–Kier alpha value is -2.40. The summed E-state index contributed by atoms with van der Waals surface area (Å²) in [5, 5.41) is 8.78. The van der Waals surface area contributed by atoms with Crippen molar-refractivity contribution >= 4 is 27.3 Å². The second-order valence-corrected chi connectivity index (χ2v) is 5.94. The molecule has 4 nitrogen and oxygen atoms in total. The van der Waals surface area contributed by atoms with E-state index in [1.54, 1.807) is 18.4 Å². The highest BCUT2D eigenvalue weighted by Crippen LogP contribution is 2.16. The Morgan fingerprint density at radius 3 is 2.73 bits per heavy atom. The predicted octanol–water partition coefficient (Wildman–Crippen LogP) is 3.57. The van der Waals surface area contributed by atoms with Crippen LogP contribution in [0.1, 0.15) is 12.5 Å². The van der Waals surface area contributed by atoms with Crippen LogP contribution in [0.3, 0.4) is 0 Å². The summed E-state index contributed by atoms with van der Waals surface area (Å²) in [7, 11) is 3.67. The summed E-state index contributed by atoms with van der Waals surface area (Å²) in [6.07, 6.45) is 0. The molecule has 0 atom stereocenters. The molecule has 0 bridgehead atoms. The van der Waals surface area contributed by atoms with Gasteiger partial charge in [0, 0.05) is 12.6 Å². The molecule has 112 valence electrons. The van der Waals surface area contributed by atoms with Gasteiger partial charge in [0.2, 0.25) is 4.80 Å². The fraction of sp³-hybridized carbons (Fsp3) is 0.176. The molecule has 0 fully saturated rings. The third-order valence-corrected chi connectivity index (χ3v) is 4.59. The highest BCUT2D eigenvalue weighted by Gasteiger charge is 2.02. The standard InChI is InChI=1S/C17H17N3OS/c1-12(13-7-6-8-14(11-13)21-3)18-19-17-20(2)15-9-4-5-10-16(15)22-17/h4-11H,1-3H3. The van der Waals surface area contributed by atoms with Gasteiger partial charge in [0.05, 0.1) is 23.0 Å². The molecule has 0 saturated heterocycles. The van der Waals surface area contributed by atoms with Crippen LogP contribution in [0.25, 0.3) is 10.2 Å². The zero-order valence-corrected chi connectivity index (χ0v) is 13.6. The highest BCUT2D eigenvalue weighted by atomic mass is 32.1. The summed E-state index contributed by atoms with van der Waals surface area (Å²) in [6.45, 7) is 1.95. The molecule has 0 unspecified atom stereocenters. The van der Waals surface area contributed by atoms with Crippen molar-refractivity contribution in [2.75, 3.05) is 7.11 Å². The zero-order chi connectivity index (χ0) is 15.5. The number of nitrogens with zero attached hydrogens (tertiary/aromatic N) is 3. The summed E-state index contributed by atoms with van der Waals surface area (Å²) < 4.78 is 8.50. The summed E-state index contributed by atoms with van der Waals surface area (Å²) >= 11 is 1.63. The Morgan fingerprint density at radius 2 is 1.95 bits per heavy atom. The van der Waals surface area contributed by atoms with Crippen LogP contribution in [0.5, 0.6) is 5.75 Å². The smallest absolute Gasteiger partial charge is 0.211 e. The molecule has 22 heavy (non-hydrogen) atoms. The molecule has 5 heteroatoms. The fourth-order valence-electron chi connectivity index (χ4n) is 2.20. The van der Waals surface area contributed by atoms with Crippen molar-refractivity contribution in [1.82, 2.24) is 4.57 Å². The molecule has 2 aromatic carbocycles. The van der Waals surface area contributed by atoms with Crippen molar-refractivity contribution < 1.29 is 4.74 Å². The van der Waals surface area contributed by atoms with Gasteiger partial charge in [-0.25, -0.2) is 0 Å². The number of rotatable bonds is 3. The lowest BCUT2D eigenvalue weighted by molar-refractivity contribution is 0.414. The molecule has 0 aliphatic heterocycles. The maximum Gasteiger partial charge on any atom is 0.211 e. The minimum atomic E-state index is 0.819. The van der Waals surface area contributed by atoms with E-state index in [-0.39, 0.29) is 0 Å². The number of para-hydroxylation sites is 1. The maximum absolute atomic E-state index is 5.24. The third kappa shape index (κ3) is 2.80. The van der Waals surface area contributed by atoms with Crippen molar-refractivity contribution in [2.45, 2.75) is 6.92 Å². The molecule has 0 saturated carbocycles. The molecule has 1 aromatic heterocycles. The molecule has 0 spiro atoms. The molecule has 0 aliphatic carbocycles. The zero-order valence-electron chi connectivity index (χ0n) is 12.8. The van der Waals surface area contributed by atoms with Crippen LogP contribution in [-0.4, -0.2) is 17.4 Å². The number of benzene rings is 2. The molecule has 3 aromatic rings. The average molecular weight is 311 g/mol. The third-order valence-electron chi connectivity index (χ3n) is 3.49. The minimum Gasteiger partial charge on any atom is -0.497 e. The van der Waals surface area contributed by atoms with Gasteiger partial charge >= 0.3 is 0 Å². The Labute approximate surface area is 133 Å². The maximum atomic E-state index is 5.24. The number of hydrogen-bond donors (Lipinski definition) is 0. The normalized spacial score (nSPS) is 12.9. The van der Waals surface area contributed by atoms with E-state index < -0.39 is 0 Å². The van der Waals surface area contributed by atoms with Crippen LogP contribution in [0.2, 0.25) is 0 Å². The van der Waals surface area contributed by atoms with Gasteiger partial charge in [0.1, 0.15) is 5.75 Å². The van der Waals surface area contributed by atoms with E-state index in [9.17, 15) is 0 Å². The summed E-state index contributed by atoms with van der Waals surface area (Å²) in [6, 6.07) is 16.1. The van der Waals surface area contributed by atoms with Crippen molar-refractivity contribution in [3.63, 3.8) is 0 Å². The lowest BCUT2D eigenvalue weighted by Crippen LogP contribution is -2.09. The van der Waals surface area contributed by atoms with E-state index >= 15 is 0 Å². The van der Waals surface area contributed by atoms with Crippen LogP contribution < -0.4 is 9.54 Å². The van der Waals surface area contributed by atoms with Crippen LogP contribution in [0, 0.1) is 0 Å². The van der Waals surface area contributed by atoms with Gasteiger partial charge in [-0.2, -0.15) is 5.10 Å². The van der Waals surface area contributed by atoms with Crippen molar-refractivity contribution in [1.29, 1.82) is 0 Å². The first-order valence-corrected chi connectivity index (χ1v) is 7.78. The number of hydrogen-bond acceptors (Lipinski definition) is 4. The van der Waals surface area contributed by atoms with Crippen LogP contribution in [0.15, 0.2) is 58.7 Å². The van der Waals surface area contributed by atoms with Crippen molar-refractivity contribution in [2.24, 2.45) is 17.3 Å². The lowest BCUT2D eigenvalue weighted by atomic mass is 10.1. The monoisotopic (exact) mass is 311 g/mol. The molecule has 1 heterocycles.